The number of benzene rings is 1. The second kappa shape index (κ2) is 11.6. The maximum Gasteiger partial charge on any atom is 0.417 e. The van der Waals surface area contributed by atoms with Gasteiger partial charge in [-0.25, -0.2) is 24.1 Å². The van der Waals surface area contributed by atoms with Gasteiger partial charge in [-0.1, -0.05) is 12.1 Å². The molecule has 6 rings (SSSR count). The summed E-state index contributed by atoms with van der Waals surface area (Å²) < 4.78 is 26.8. The molecule has 0 aliphatic carbocycles. The number of aromatic nitrogens is 3. The molecule has 1 fully saturated rings. The molecular formula is C33H37FN6O4. The summed E-state index contributed by atoms with van der Waals surface area (Å²) in [5, 5.41) is 3.38. The maximum atomic E-state index is 13.9. The van der Waals surface area contributed by atoms with Crippen LogP contribution in [0, 0.1) is 5.82 Å². The highest BCUT2D eigenvalue weighted by Gasteiger charge is 2.39. The largest absolute Gasteiger partial charge is 0.443 e. The quantitative estimate of drug-likeness (QED) is 0.282. The fourth-order valence-corrected chi connectivity index (χ4v) is 5.91. The average molecular weight is 601 g/mol. The van der Waals surface area contributed by atoms with E-state index in [1.54, 1.807) is 37.6 Å². The number of pyridine rings is 2. The summed E-state index contributed by atoms with van der Waals surface area (Å²) in [5.41, 5.74) is 4.76. The Kier molecular flexibility index (Phi) is 7.85. The van der Waals surface area contributed by atoms with Gasteiger partial charge in [-0.15, -0.1) is 0 Å². The standard InChI is InChI=1S/C33H37FN6O4/c1-33(2,3)44-32(42)40-18-24-23(27-17-35-29-16-21(34)10-13-39(27)29)6-8-25(30(24)31(40)41)36-28-9-7-22(20-11-14-43-15-12-20)26(37-28)19-38(4)5/h6-10,13,16-17,20H,11-12,14-15,18-19H2,1-5H3,(H,36,37). The number of anilines is 2. The van der Waals surface area contributed by atoms with Crippen LogP contribution in [-0.2, 0) is 22.6 Å². The zero-order valence-electron chi connectivity index (χ0n) is 25.7. The first-order chi connectivity index (χ1) is 21.0. The highest BCUT2D eigenvalue weighted by molar-refractivity contribution is 6.11. The summed E-state index contributed by atoms with van der Waals surface area (Å²) in [5.74, 6) is 0.119. The van der Waals surface area contributed by atoms with Gasteiger partial charge in [0.15, 0.2) is 0 Å². The van der Waals surface area contributed by atoms with Gasteiger partial charge in [0, 0.05) is 37.6 Å². The number of ether oxygens (including phenoxy) is 2. The molecule has 5 heterocycles. The van der Waals surface area contributed by atoms with E-state index in [1.807, 2.05) is 32.3 Å². The zero-order valence-corrected chi connectivity index (χ0v) is 25.7. The number of nitrogens with zero attached hydrogens (tertiary/aromatic N) is 5. The lowest BCUT2D eigenvalue weighted by Crippen LogP contribution is -2.37. The van der Waals surface area contributed by atoms with Crippen LogP contribution in [0.15, 0.2) is 48.8 Å². The van der Waals surface area contributed by atoms with E-state index in [2.05, 4.69) is 21.3 Å². The van der Waals surface area contributed by atoms with E-state index >= 15 is 0 Å². The van der Waals surface area contributed by atoms with Crippen LogP contribution in [0.3, 0.4) is 0 Å². The Balaban J connectivity index is 1.41. The third kappa shape index (κ3) is 5.89. The number of carbonyl (C=O) groups excluding carboxylic acids is 2. The lowest BCUT2D eigenvalue weighted by molar-refractivity contribution is 0.0248. The van der Waals surface area contributed by atoms with Crippen molar-refractivity contribution in [3.8, 4) is 11.3 Å². The van der Waals surface area contributed by atoms with Crippen molar-refractivity contribution in [2.45, 2.75) is 58.2 Å². The zero-order chi connectivity index (χ0) is 31.2. The Morgan fingerprint density at radius 3 is 2.66 bits per heavy atom. The topological polar surface area (TPSA) is 101 Å². The van der Waals surface area contributed by atoms with E-state index in [0.29, 0.717) is 52.0 Å². The molecule has 1 aromatic carbocycles. The van der Waals surface area contributed by atoms with Crippen molar-refractivity contribution in [2.24, 2.45) is 0 Å². The number of imidazole rings is 1. The van der Waals surface area contributed by atoms with Gasteiger partial charge in [0.1, 0.15) is 22.9 Å². The lowest BCUT2D eigenvalue weighted by atomic mass is 9.90. The van der Waals surface area contributed by atoms with E-state index in [4.69, 9.17) is 14.5 Å². The molecule has 10 nitrogen and oxygen atoms in total. The lowest BCUT2D eigenvalue weighted by Gasteiger charge is -2.25. The van der Waals surface area contributed by atoms with E-state index in [-0.39, 0.29) is 6.54 Å². The first-order valence-electron chi connectivity index (χ1n) is 14.8. The van der Waals surface area contributed by atoms with Crippen molar-refractivity contribution in [1.29, 1.82) is 0 Å². The van der Waals surface area contributed by atoms with Crippen molar-refractivity contribution >= 4 is 29.2 Å². The molecule has 0 saturated carbocycles. The second-order valence-electron chi connectivity index (χ2n) is 12.6. The second-order valence-corrected chi connectivity index (χ2v) is 12.6. The third-order valence-corrected chi connectivity index (χ3v) is 7.85. The number of fused-ring (bicyclic) bond motifs is 2. The first kappa shape index (κ1) is 29.7. The van der Waals surface area contributed by atoms with Gasteiger partial charge in [0.05, 0.1) is 35.4 Å². The van der Waals surface area contributed by atoms with E-state index in [0.717, 1.165) is 36.6 Å². The van der Waals surface area contributed by atoms with Gasteiger partial charge in [-0.3, -0.25) is 9.20 Å². The van der Waals surface area contributed by atoms with E-state index < -0.39 is 23.4 Å². The van der Waals surface area contributed by atoms with Crippen LogP contribution in [0.2, 0.25) is 0 Å². The van der Waals surface area contributed by atoms with E-state index in [9.17, 15) is 14.0 Å². The molecule has 230 valence electrons. The van der Waals surface area contributed by atoms with Gasteiger partial charge >= 0.3 is 6.09 Å². The summed E-state index contributed by atoms with van der Waals surface area (Å²) in [4.78, 5) is 39.7. The molecular weight excluding hydrogens is 563 g/mol. The molecule has 4 aromatic rings. The van der Waals surface area contributed by atoms with Gasteiger partial charge in [0.25, 0.3) is 5.91 Å². The highest BCUT2D eigenvalue weighted by atomic mass is 19.1. The van der Waals surface area contributed by atoms with Crippen molar-refractivity contribution in [3.63, 3.8) is 0 Å². The molecule has 1 saturated heterocycles. The number of imide groups is 1. The summed E-state index contributed by atoms with van der Waals surface area (Å²) in [6.45, 7) is 7.44. The summed E-state index contributed by atoms with van der Waals surface area (Å²) >= 11 is 0. The number of hydrogen-bond acceptors (Lipinski definition) is 8. The molecule has 0 atom stereocenters. The smallest absolute Gasteiger partial charge is 0.417 e. The van der Waals surface area contributed by atoms with Crippen LogP contribution in [0.4, 0.5) is 20.7 Å². The SMILES string of the molecule is CN(C)Cc1nc(Nc2ccc(-c3cnc4cc(F)ccn34)c3c2C(=O)N(C(=O)OC(C)(C)C)C3)ccc1C1CCOCC1. The van der Waals surface area contributed by atoms with Crippen molar-refractivity contribution in [1.82, 2.24) is 24.2 Å². The Morgan fingerprint density at radius 1 is 1.16 bits per heavy atom. The number of halogens is 1. The summed E-state index contributed by atoms with van der Waals surface area (Å²) in [6, 6.07) is 10.5. The molecule has 11 heteroatoms. The Labute approximate surface area is 255 Å². The van der Waals surface area contributed by atoms with Gasteiger partial charge in [-0.2, -0.15) is 0 Å². The predicted molar refractivity (Wildman–Crippen MR) is 164 cm³/mol. The predicted octanol–water partition coefficient (Wildman–Crippen LogP) is 6.13. The fraction of sp³-hybridized carbons (Fsp3) is 0.394. The van der Waals surface area contributed by atoms with Gasteiger partial charge in [-0.05, 0) is 83.0 Å². The molecule has 2 amide bonds. The molecule has 3 aromatic heterocycles. The van der Waals surface area contributed by atoms with E-state index in [1.165, 1.54) is 17.7 Å². The highest BCUT2D eigenvalue weighted by Crippen LogP contribution is 2.39. The fourth-order valence-electron chi connectivity index (χ4n) is 5.91. The van der Waals surface area contributed by atoms with Crippen molar-refractivity contribution in [3.05, 3.63) is 77.0 Å². The molecule has 2 aliphatic rings. The average Bonchev–Trinajstić information content (AvgIpc) is 3.54. The first-order valence-corrected chi connectivity index (χ1v) is 14.8. The number of amides is 2. The monoisotopic (exact) mass is 600 g/mol. The minimum atomic E-state index is -0.777. The van der Waals surface area contributed by atoms with Crippen LogP contribution < -0.4 is 5.32 Å². The van der Waals surface area contributed by atoms with Crippen LogP contribution in [0.5, 0.6) is 0 Å². The third-order valence-electron chi connectivity index (χ3n) is 7.85. The molecule has 44 heavy (non-hydrogen) atoms. The van der Waals surface area contributed by atoms with Crippen LogP contribution in [0.25, 0.3) is 16.9 Å². The molecule has 0 unspecified atom stereocenters. The number of rotatable bonds is 6. The molecule has 0 spiro atoms. The van der Waals surface area contributed by atoms with Crippen molar-refractivity contribution in [2.75, 3.05) is 32.6 Å². The maximum absolute atomic E-state index is 13.9. The number of carbonyl (C=O) groups is 2. The van der Waals surface area contributed by atoms with Gasteiger partial charge in [0.2, 0.25) is 0 Å². The van der Waals surface area contributed by atoms with Crippen molar-refractivity contribution < 1.29 is 23.5 Å². The minimum Gasteiger partial charge on any atom is -0.443 e. The van der Waals surface area contributed by atoms with Crippen LogP contribution >= 0.6 is 0 Å². The number of hydrogen-bond donors (Lipinski definition) is 1. The normalized spacial score (nSPS) is 15.7. The Bertz CT molecular complexity index is 1740. The van der Waals surface area contributed by atoms with Crippen LogP contribution in [-0.4, -0.2) is 69.1 Å². The summed E-state index contributed by atoms with van der Waals surface area (Å²) in [7, 11) is 4.03. The summed E-state index contributed by atoms with van der Waals surface area (Å²) in [6.07, 6.45) is 4.43. The number of nitrogens with one attached hydrogen (secondary N) is 1. The Morgan fingerprint density at radius 2 is 1.93 bits per heavy atom. The molecule has 0 bridgehead atoms. The Hall–Kier alpha value is -4.35. The molecule has 2 aliphatic heterocycles. The molecule has 0 radical (unpaired) electrons. The van der Waals surface area contributed by atoms with Gasteiger partial charge < -0.3 is 19.7 Å². The minimum absolute atomic E-state index is 0.0182. The molecule has 1 N–H and O–H groups in total. The van der Waals surface area contributed by atoms with Crippen LogP contribution in [0.1, 0.15) is 66.7 Å².